The number of halogens is 1. The van der Waals surface area contributed by atoms with Crippen LogP contribution in [0.2, 0.25) is 5.02 Å². The lowest BCUT2D eigenvalue weighted by Gasteiger charge is -2.32. The summed E-state index contributed by atoms with van der Waals surface area (Å²) in [5.41, 5.74) is 3.00. The summed E-state index contributed by atoms with van der Waals surface area (Å²) in [5, 5.41) is 3.43. The fourth-order valence-electron chi connectivity index (χ4n) is 3.90. The van der Waals surface area contributed by atoms with Crippen LogP contribution in [0.25, 0.3) is 0 Å². The van der Waals surface area contributed by atoms with Crippen LogP contribution in [-0.2, 0) is 26.2 Å². The zero-order valence-corrected chi connectivity index (χ0v) is 24.6. The number of carbonyl (C=O) groups excluding carboxylic acids is 2. The molecule has 39 heavy (non-hydrogen) atoms. The van der Waals surface area contributed by atoms with Crippen molar-refractivity contribution in [2.45, 2.75) is 52.1 Å². The van der Waals surface area contributed by atoms with Crippen molar-refractivity contribution in [1.29, 1.82) is 0 Å². The first-order valence-electron chi connectivity index (χ1n) is 12.9. The van der Waals surface area contributed by atoms with Crippen molar-refractivity contribution in [3.05, 3.63) is 94.5 Å². The van der Waals surface area contributed by atoms with Crippen molar-refractivity contribution >= 4 is 39.1 Å². The van der Waals surface area contributed by atoms with Crippen LogP contribution >= 0.6 is 11.6 Å². The van der Waals surface area contributed by atoms with E-state index in [2.05, 4.69) is 5.32 Å². The third kappa shape index (κ3) is 8.07. The van der Waals surface area contributed by atoms with Crippen LogP contribution in [0, 0.1) is 19.8 Å². The van der Waals surface area contributed by atoms with Gasteiger partial charge in [-0.2, -0.15) is 0 Å². The lowest BCUT2D eigenvalue weighted by Crippen LogP contribution is -2.51. The predicted octanol–water partition coefficient (Wildman–Crippen LogP) is 5.34. The van der Waals surface area contributed by atoms with Crippen LogP contribution in [0.1, 0.15) is 37.5 Å². The highest BCUT2D eigenvalue weighted by atomic mass is 35.5. The number of benzene rings is 3. The van der Waals surface area contributed by atoms with Gasteiger partial charge in [0.15, 0.2) is 0 Å². The largest absolute Gasteiger partial charge is 0.354 e. The molecule has 9 heteroatoms. The van der Waals surface area contributed by atoms with Gasteiger partial charge in [0.05, 0.1) is 10.6 Å². The van der Waals surface area contributed by atoms with Crippen LogP contribution in [-0.4, -0.2) is 44.3 Å². The Morgan fingerprint density at radius 1 is 0.846 bits per heavy atom. The molecule has 2 amide bonds. The van der Waals surface area contributed by atoms with E-state index in [0.717, 1.165) is 21.0 Å². The van der Waals surface area contributed by atoms with E-state index < -0.39 is 28.5 Å². The Hall–Kier alpha value is -3.36. The number of hydrogen-bond donors (Lipinski definition) is 1. The van der Waals surface area contributed by atoms with E-state index in [9.17, 15) is 18.0 Å². The fourth-order valence-corrected chi connectivity index (χ4v) is 5.44. The van der Waals surface area contributed by atoms with Gasteiger partial charge in [0.1, 0.15) is 12.6 Å². The van der Waals surface area contributed by atoms with Gasteiger partial charge in [-0.15, -0.1) is 0 Å². The molecule has 0 fully saturated rings. The Labute approximate surface area is 236 Å². The molecular weight excluding hydrogens is 534 g/mol. The van der Waals surface area contributed by atoms with Gasteiger partial charge in [0, 0.05) is 18.1 Å². The van der Waals surface area contributed by atoms with Gasteiger partial charge in [-0.3, -0.25) is 13.9 Å². The molecule has 208 valence electrons. The number of amides is 2. The van der Waals surface area contributed by atoms with E-state index in [-0.39, 0.29) is 23.3 Å². The number of sulfonamides is 1. The first-order valence-corrected chi connectivity index (χ1v) is 14.7. The molecule has 1 N–H and O–H groups in total. The van der Waals surface area contributed by atoms with Gasteiger partial charge in [0.25, 0.3) is 10.0 Å². The number of nitrogens with zero attached hydrogens (tertiary/aromatic N) is 2. The monoisotopic (exact) mass is 569 g/mol. The molecule has 0 bridgehead atoms. The minimum absolute atomic E-state index is 0.0773. The summed E-state index contributed by atoms with van der Waals surface area (Å²) in [7, 11) is -4.09. The zero-order valence-electron chi connectivity index (χ0n) is 23.0. The van der Waals surface area contributed by atoms with E-state index in [4.69, 9.17) is 11.6 Å². The molecule has 0 radical (unpaired) electrons. The van der Waals surface area contributed by atoms with Gasteiger partial charge in [-0.05, 0) is 68.7 Å². The molecule has 0 aliphatic rings. The Morgan fingerprint density at radius 2 is 1.38 bits per heavy atom. The minimum atomic E-state index is -4.09. The highest BCUT2D eigenvalue weighted by Gasteiger charge is 2.32. The second kappa shape index (κ2) is 13.1. The number of nitrogens with one attached hydrogen (secondary N) is 1. The lowest BCUT2D eigenvalue weighted by molar-refractivity contribution is -0.139. The summed E-state index contributed by atoms with van der Waals surface area (Å²) in [6.07, 6.45) is 0. The molecule has 3 rings (SSSR count). The second-order valence-corrected chi connectivity index (χ2v) is 12.4. The molecule has 0 aliphatic heterocycles. The van der Waals surface area contributed by atoms with E-state index in [1.165, 1.54) is 17.0 Å². The Kier molecular flexibility index (Phi) is 10.2. The Morgan fingerprint density at radius 3 is 1.92 bits per heavy atom. The maximum atomic E-state index is 13.9. The normalized spacial score (nSPS) is 12.2. The van der Waals surface area contributed by atoms with Crippen LogP contribution < -0.4 is 9.62 Å². The van der Waals surface area contributed by atoms with Gasteiger partial charge >= 0.3 is 0 Å². The first-order chi connectivity index (χ1) is 18.4. The summed E-state index contributed by atoms with van der Waals surface area (Å²) >= 11 is 6.04. The molecule has 0 saturated heterocycles. The quantitative estimate of drug-likeness (QED) is 0.338. The lowest BCUT2D eigenvalue weighted by atomic mass is 10.1. The van der Waals surface area contributed by atoms with Crippen molar-refractivity contribution in [3.8, 4) is 0 Å². The highest BCUT2D eigenvalue weighted by molar-refractivity contribution is 7.92. The van der Waals surface area contributed by atoms with Crippen LogP contribution in [0.3, 0.4) is 0 Å². The Bertz CT molecular complexity index is 1370. The molecule has 7 nitrogen and oxygen atoms in total. The summed E-state index contributed by atoms with van der Waals surface area (Å²) in [6.45, 7) is 9.48. The average Bonchev–Trinajstić information content (AvgIpc) is 2.90. The highest BCUT2D eigenvalue weighted by Crippen LogP contribution is 2.25. The standard InChI is InChI=1S/C30H36ClN3O4S/c1-21(2)18-32-30(36)24(5)33(19-25-10-12-26(31)13-11-25)29(35)20-34(27-14-6-22(3)7-15-27)39(37,38)28-16-8-23(4)9-17-28/h6-17,21,24H,18-20H2,1-5H3,(H,32,36)/t24-/m1/s1. The van der Waals surface area contributed by atoms with Gasteiger partial charge in [0.2, 0.25) is 11.8 Å². The molecule has 0 saturated carbocycles. The summed E-state index contributed by atoms with van der Waals surface area (Å²) < 4.78 is 28.8. The minimum Gasteiger partial charge on any atom is -0.354 e. The number of rotatable bonds is 11. The molecule has 0 aromatic heterocycles. The van der Waals surface area contributed by atoms with Crippen molar-refractivity contribution in [3.63, 3.8) is 0 Å². The molecule has 0 spiro atoms. The smallest absolute Gasteiger partial charge is 0.264 e. The third-order valence-electron chi connectivity index (χ3n) is 6.33. The molecule has 3 aromatic rings. The van der Waals surface area contributed by atoms with Crippen molar-refractivity contribution < 1.29 is 18.0 Å². The van der Waals surface area contributed by atoms with Crippen molar-refractivity contribution in [2.24, 2.45) is 5.92 Å². The van der Waals surface area contributed by atoms with Crippen molar-refractivity contribution in [2.75, 3.05) is 17.4 Å². The van der Waals surface area contributed by atoms with Gasteiger partial charge in [-0.25, -0.2) is 8.42 Å². The van der Waals surface area contributed by atoms with Crippen molar-refractivity contribution in [1.82, 2.24) is 10.2 Å². The summed E-state index contributed by atoms with van der Waals surface area (Å²) in [4.78, 5) is 28.4. The molecule has 0 heterocycles. The molecule has 3 aromatic carbocycles. The van der Waals surface area contributed by atoms with Gasteiger partial charge < -0.3 is 10.2 Å². The van der Waals surface area contributed by atoms with Crippen LogP contribution in [0.4, 0.5) is 5.69 Å². The van der Waals surface area contributed by atoms with Crippen LogP contribution in [0.5, 0.6) is 0 Å². The Balaban J connectivity index is 2.00. The molecule has 0 unspecified atom stereocenters. The second-order valence-electron chi connectivity index (χ2n) is 10.1. The fraction of sp³-hybridized carbons (Fsp3) is 0.333. The molecule has 0 aliphatic carbocycles. The van der Waals surface area contributed by atoms with E-state index in [0.29, 0.717) is 17.3 Å². The van der Waals surface area contributed by atoms with E-state index in [1.54, 1.807) is 67.6 Å². The maximum absolute atomic E-state index is 13.9. The van der Waals surface area contributed by atoms with E-state index in [1.807, 2.05) is 27.7 Å². The van der Waals surface area contributed by atoms with Gasteiger partial charge in [-0.1, -0.05) is 73.0 Å². The third-order valence-corrected chi connectivity index (χ3v) is 8.37. The number of aryl methyl sites for hydroxylation is 2. The molecule has 1 atom stereocenters. The summed E-state index contributed by atoms with van der Waals surface area (Å²) in [6, 6.07) is 19.6. The van der Waals surface area contributed by atoms with Crippen LogP contribution in [0.15, 0.2) is 77.7 Å². The SMILES string of the molecule is Cc1ccc(N(CC(=O)N(Cc2ccc(Cl)cc2)[C@H](C)C(=O)NCC(C)C)S(=O)(=O)c2ccc(C)cc2)cc1. The summed E-state index contributed by atoms with van der Waals surface area (Å²) in [5.74, 6) is -0.582. The number of anilines is 1. The molecular formula is C30H36ClN3O4S. The maximum Gasteiger partial charge on any atom is 0.264 e. The topological polar surface area (TPSA) is 86.8 Å². The first kappa shape index (κ1) is 30.2. The number of hydrogen-bond acceptors (Lipinski definition) is 4. The average molecular weight is 570 g/mol. The zero-order chi connectivity index (χ0) is 28.7. The predicted molar refractivity (Wildman–Crippen MR) is 156 cm³/mol. The van der Waals surface area contributed by atoms with E-state index >= 15 is 0 Å². The number of carbonyl (C=O) groups is 2.